The number of hydrogen-bond acceptors (Lipinski definition) is 1. The molecule has 1 heteroatoms. The largest absolute Gasteiger partial charge is 0.319 e. The lowest BCUT2D eigenvalue weighted by atomic mass is 9.59. The molecule has 0 aliphatic heterocycles. The van der Waals surface area contributed by atoms with E-state index in [2.05, 4.69) is 40.1 Å². The maximum atomic E-state index is 3.36. The minimum absolute atomic E-state index is 0.437. The Balaban J connectivity index is 2.87. The van der Waals surface area contributed by atoms with Crippen molar-refractivity contribution in [3.63, 3.8) is 0 Å². The molecule has 2 unspecified atom stereocenters. The van der Waals surface area contributed by atoms with Gasteiger partial charge in [-0.1, -0.05) is 40.5 Å². The fraction of sp³-hybridized carbons (Fsp3) is 1.00. The Bertz CT molecular complexity index is 186. The first-order chi connectivity index (χ1) is 6.50. The summed E-state index contributed by atoms with van der Waals surface area (Å²) in [5.41, 5.74) is 1.02. The zero-order chi connectivity index (χ0) is 10.8. The molecule has 0 spiro atoms. The van der Waals surface area contributed by atoms with E-state index in [-0.39, 0.29) is 0 Å². The van der Waals surface area contributed by atoms with E-state index >= 15 is 0 Å². The second kappa shape index (κ2) is 4.22. The van der Waals surface area contributed by atoms with Crippen LogP contribution in [0.4, 0.5) is 0 Å². The SMILES string of the molecule is CCC1(C(C)(C)CNC)CCCC1C. The van der Waals surface area contributed by atoms with Gasteiger partial charge in [-0.25, -0.2) is 0 Å². The minimum atomic E-state index is 0.437. The fourth-order valence-corrected chi connectivity index (χ4v) is 3.87. The molecule has 0 aromatic heterocycles. The van der Waals surface area contributed by atoms with Crippen molar-refractivity contribution < 1.29 is 0 Å². The van der Waals surface area contributed by atoms with Gasteiger partial charge in [-0.2, -0.15) is 0 Å². The average molecular weight is 197 g/mol. The van der Waals surface area contributed by atoms with Crippen LogP contribution in [0.2, 0.25) is 0 Å². The van der Waals surface area contributed by atoms with Gasteiger partial charge in [0.15, 0.2) is 0 Å². The summed E-state index contributed by atoms with van der Waals surface area (Å²) in [6.45, 7) is 10.8. The number of nitrogens with one attached hydrogen (secondary N) is 1. The van der Waals surface area contributed by atoms with Crippen molar-refractivity contribution in [2.24, 2.45) is 16.7 Å². The van der Waals surface area contributed by atoms with E-state index in [0.29, 0.717) is 10.8 Å². The van der Waals surface area contributed by atoms with Crippen LogP contribution in [0.15, 0.2) is 0 Å². The van der Waals surface area contributed by atoms with Crippen LogP contribution >= 0.6 is 0 Å². The third kappa shape index (κ3) is 1.71. The van der Waals surface area contributed by atoms with E-state index in [9.17, 15) is 0 Å². The second-order valence-electron chi connectivity index (χ2n) is 5.72. The highest BCUT2D eigenvalue weighted by molar-refractivity contribution is 4.99. The maximum absolute atomic E-state index is 3.36. The van der Waals surface area contributed by atoms with Gasteiger partial charge in [0, 0.05) is 6.54 Å². The molecule has 1 aliphatic carbocycles. The van der Waals surface area contributed by atoms with Crippen LogP contribution < -0.4 is 5.32 Å². The van der Waals surface area contributed by atoms with Crippen molar-refractivity contribution in [2.75, 3.05) is 13.6 Å². The molecule has 14 heavy (non-hydrogen) atoms. The normalized spacial score (nSPS) is 33.6. The molecule has 0 aromatic carbocycles. The number of rotatable bonds is 4. The Hall–Kier alpha value is -0.0400. The van der Waals surface area contributed by atoms with Crippen molar-refractivity contribution in [2.45, 2.75) is 53.4 Å². The third-order valence-corrected chi connectivity index (χ3v) is 4.80. The van der Waals surface area contributed by atoms with E-state index in [1.807, 2.05) is 0 Å². The third-order valence-electron chi connectivity index (χ3n) is 4.80. The smallest absolute Gasteiger partial charge is 0.000493 e. The predicted octanol–water partition coefficient (Wildman–Crippen LogP) is 3.45. The zero-order valence-electron chi connectivity index (χ0n) is 10.6. The molecular formula is C13H27N. The molecule has 1 fully saturated rings. The Labute approximate surface area is 89.7 Å². The van der Waals surface area contributed by atoms with Gasteiger partial charge < -0.3 is 5.32 Å². The first kappa shape index (κ1) is 12.0. The highest BCUT2D eigenvalue weighted by atomic mass is 14.8. The standard InChI is InChI=1S/C13H27N/c1-6-13(9-7-8-11(13)2)12(3,4)10-14-5/h11,14H,6-10H2,1-5H3. The molecule has 0 saturated heterocycles. The first-order valence-corrected chi connectivity index (χ1v) is 6.15. The van der Waals surface area contributed by atoms with Crippen molar-refractivity contribution >= 4 is 0 Å². The van der Waals surface area contributed by atoms with Crippen LogP contribution in [-0.4, -0.2) is 13.6 Å². The molecule has 0 aromatic rings. The van der Waals surface area contributed by atoms with Gasteiger partial charge in [0.05, 0.1) is 0 Å². The molecular weight excluding hydrogens is 170 g/mol. The van der Waals surface area contributed by atoms with Crippen molar-refractivity contribution in [1.29, 1.82) is 0 Å². The summed E-state index contributed by atoms with van der Waals surface area (Å²) >= 11 is 0. The Morgan fingerprint density at radius 1 is 1.43 bits per heavy atom. The molecule has 1 N–H and O–H groups in total. The minimum Gasteiger partial charge on any atom is -0.319 e. The van der Waals surface area contributed by atoms with Gasteiger partial charge in [-0.05, 0) is 36.6 Å². The summed E-state index contributed by atoms with van der Waals surface area (Å²) in [5.74, 6) is 0.899. The highest BCUT2D eigenvalue weighted by Crippen LogP contribution is 2.56. The highest BCUT2D eigenvalue weighted by Gasteiger charge is 2.49. The van der Waals surface area contributed by atoms with Gasteiger partial charge >= 0.3 is 0 Å². The lowest BCUT2D eigenvalue weighted by molar-refractivity contribution is 0.0282. The zero-order valence-corrected chi connectivity index (χ0v) is 10.6. The molecule has 0 radical (unpaired) electrons. The second-order valence-corrected chi connectivity index (χ2v) is 5.72. The molecule has 1 rings (SSSR count). The van der Waals surface area contributed by atoms with Gasteiger partial charge in [-0.3, -0.25) is 0 Å². The van der Waals surface area contributed by atoms with E-state index < -0.39 is 0 Å². The topological polar surface area (TPSA) is 12.0 Å². The van der Waals surface area contributed by atoms with E-state index in [1.165, 1.54) is 25.7 Å². The molecule has 1 saturated carbocycles. The average Bonchev–Trinajstić information content (AvgIpc) is 2.48. The maximum Gasteiger partial charge on any atom is 0.000493 e. The molecule has 2 atom stereocenters. The van der Waals surface area contributed by atoms with Crippen LogP contribution in [0.1, 0.15) is 53.4 Å². The van der Waals surface area contributed by atoms with Gasteiger partial charge in [0.2, 0.25) is 0 Å². The molecule has 84 valence electrons. The van der Waals surface area contributed by atoms with Crippen LogP contribution in [-0.2, 0) is 0 Å². The van der Waals surface area contributed by atoms with Crippen LogP contribution in [0.5, 0.6) is 0 Å². The van der Waals surface area contributed by atoms with Crippen LogP contribution in [0.3, 0.4) is 0 Å². The Kier molecular flexibility index (Phi) is 3.63. The molecule has 0 bridgehead atoms. The molecule has 0 heterocycles. The summed E-state index contributed by atoms with van der Waals surface area (Å²) in [5, 5.41) is 3.36. The van der Waals surface area contributed by atoms with Crippen LogP contribution in [0, 0.1) is 16.7 Å². The molecule has 0 amide bonds. The van der Waals surface area contributed by atoms with E-state index in [1.54, 1.807) is 0 Å². The van der Waals surface area contributed by atoms with Crippen molar-refractivity contribution in [3.8, 4) is 0 Å². The van der Waals surface area contributed by atoms with Crippen LogP contribution in [0.25, 0.3) is 0 Å². The van der Waals surface area contributed by atoms with Gasteiger partial charge in [0.1, 0.15) is 0 Å². The lowest BCUT2D eigenvalue weighted by Crippen LogP contribution is -2.45. The first-order valence-electron chi connectivity index (χ1n) is 6.15. The quantitative estimate of drug-likeness (QED) is 0.728. The molecule has 1 nitrogen and oxygen atoms in total. The van der Waals surface area contributed by atoms with Crippen molar-refractivity contribution in [3.05, 3.63) is 0 Å². The lowest BCUT2D eigenvalue weighted by Gasteiger charge is -2.47. The summed E-state index contributed by atoms with van der Waals surface area (Å²) in [6, 6.07) is 0. The van der Waals surface area contributed by atoms with Crippen molar-refractivity contribution in [1.82, 2.24) is 5.32 Å². The summed E-state index contributed by atoms with van der Waals surface area (Å²) < 4.78 is 0. The Morgan fingerprint density at radius 2 is 2.07 bits per heavy atom. The number of hydrogen-bond donors (Lipinski definition) is 1. The van der Waals surface area contributed by atoms with E-state index in [4.69, 9.17) is 0 Å². The summed E-state index contributed by atoms with van der Waals surface area (Å²) in [7, 11) is 2.07. The summed E-state index contributed by atoms with van der Waals surface area (Å²) in [6.07, 6.45) is 5.63. The monoisotopic (exact) mass is 197 g/mol. The van der Waals surface area contributed by atoms with Gasteiger partial charge in [-0.15, -0.1) is 0 Å². The fourth-order valence-electron chi connectivity index (χ4n) is 3.87. The van der Waals surface area contributed by atoms with E-state index in [0.717, 1.165) is 12.5 Å². The molecule has 1 aliphatic rings. The van der Waals surface area contributed by atoms with Gasteiger partial charge in [0.25, 0.3) is 0 Å². The predicted molar refractivity (Wildman–Crippen MR) is 63.4 cm³/mol. The Morgan fingerprint density at radius 3 is 2.43 bits per heavy atom. The summed E-state index contributed by atoms with van der Waals surface area (Å²) in [4.78, 5) is 0.